The predicted octanol–water partition coefficient (Wildman–Crippen LogP) is 5.07. The van der Waals surface area contributed by atoms with E-state index in [-0.39, 0.29) is 11.1 Å². The number of hydrogen-bond acceptors (Lipinski definition) is 3. The Bertz CT molecular complexity index is 1400. The molecule has 0 spiro atoms. The molecule has 0 bridgehead atoms. The van der Waals surface area contributed by atoms with E-state index in [9.17, 15) is 21.6 Å². The van der Waals surface area contributed by atoms with Gasteiger partial charge in [-0.2, -0.15) is 5.10 Å². The first-order chi connectivity index (χ1) is 14.2. The molecule has 154 valence electrons. The predicted molar refractivity (Wildman–Crippen MR) is 103 cm³/mol. The number of sulfone groups is 1. The van der Waals surface area contributed by atoms with Crippen molar-refractivity contribution in [3.63, 3.8) is 0 Å². The summed E-state index contributed by atoms with van der Waals surface area (Å²) in [5, 5.41) is 7.61. The van der Waals surface area contributed by atoms with Gasteiger partial charge in [0.15, 0.2) is 9.84 Å². The Morgan fingerprint density at radius 2 is 1.67 bits per heavy atom. The van der Waals surface area contributed by atoms with Gasteiger partial charge < -0.3 is 0 Å². The summed E-state index contributed by atoms with van der Waals surface area (Å²) in [6.07, 6.45) is 0. The van der Waals surface area contributed by atoms with Crippen molar-refractivity contribution >= 4 is 20.7 Å². The van der Waals surface area contributed by atoms with Crippen LogP contribution in [-0.2, 0) is 15.6 Å². The molecule has 0 aliphatic rings. The lowest BCUT2D eigenvalue weighted by atomic mass is 10.0. The number of hydrogen-bond donors (Lipinski definition) is 1. The van der Waals surface area contributed by atoms with Gasteiger partial charge in [-0.1, -0.05) is 18.2 Å². The van der Waals surface area contributed by atoms with Gasteiger partial charge >= 0.3 is 0 Å². The third-order valence-corrected chi connectivity index (χ3v) is 6.45. The second-order valence-electron chi connectivity index (χ2n) is 6.81. The molecule has 3 aromatic carbocycles. The standard InChI is InChI=1S/C21H14F4N2O2S/c1-11-15-5-2-12(8-18(15)27-26-11)20-17(24)6-3-13(21(20)25)10-30(28,29)19-9-14(22)4-7-16(19)23/h2-9H,10H2,1H3,(H,26,27). The number of nitrogens with zero attached hydrogens (tertiary/aromatic N) is 1. The Morgan fingerprint density at radius 3 is 2.43 bits per heavy atom. The lowest BCUT2D eigenvalue weighted by molar-refractivity contribution is 0.549. The molecule has 4 rings (SSSR count). The number of halogens is 4. The number of fused-ring (bicyclic) bond motifs is 1. The van der Waals surface area contributed by atoms with Crippen LogP contribution in [0.1, 0.15) is 11.3 Å². The number of rotatable bonds is 4. The van der Waals surface area contributed by atoms with E-state index in [1.807, 2.05) is 0 Å². The molecule has 0 aliphatic heterocycles. The molecule has 30 heavy (non-hydrogen) atoms. The van der Waals surface area contributed by atoms with Crippen molar-refractivity contribution in [2.45, 2.75) is 17.6 Å². The number of aromatic nitrogens is 2. The van der Waals surface area contributed by atoms with E-state index in [0.717, 1.165) is 29.3 Å². The highest BCUT2D eigenvalue weighted by atomic mass is 32.2. The van der Waals surface area contributed by atoms with Gasteiger partial charge in [0, 0.05) is 16.6 Å². The molecule has 1 N–H and O–H groups in total. The minimum Gasteiger partial charge on any atom is -0.282 e. The molecule has 0 radical (unpaired) electrons. The van der Waals surface area contributed by atoms with Gasteiger partial charge in [-0.15, -0.1) is 0 Å². The van der Waals surface area contributed by atoms with Crippen molar-refractivity contribution in [3.05, 3.63) is 83.1 Å². The zero-order chi connectivity index (χ0) is 21.6. The highest BCUT2D eigenvalue weighted by Crippen LogP contribution is 2.32. The summed E-state index contributed by atoms with van der Waals surface area (Å²) in [6, 6.07) is 8.51. The topological polar surface area (TPSA) is 62.8 Å². The lowest BCUT2D eigenvalue weighted by Gasteiger charge is -2.11. The number of H-pyrrole nitrogens is 1. The van der Waals surface area contributed by atoms with Crippen LogP contribution in [0.3, 0.4) is 0 Å². The summed E-state index contributed by atoms with van der Waals surface area (Å²) in [4.78, 5) is -0.888. The van der Waals surface area contributed by atoms with E-state index in [4.69, 9.17) is 0 Å². The van der Waals surface area contributed by atoms with Crippen LogP contribution in [0, 0.1) is 30.2 Å². The third-order valence-electron chi connectivity index (χ3n) is 4.78. The first kappa shape index (κ1) is 20.1. The molecule has 1 aromatic heterocycles. The number of aryl methyl sites for hydroxylation is 1. The average Bonchev–Trinajstić information content (AvgIpc) is 3.06. The van der Waals surface area contributed by atoms with Crippen LogP contribution in [0.2, 0.25) is 0 Å². The molecule has 0 amide bonds. The fourth-order valence-electron chi connectivity index (χ4n) is 3.27. The fraction of sp³-hybridized carbons (Fsp3) is 0.0952. The SMILES string of the molecule is Cc1[nH]nc2cc(-c3c(F)ccc(CS(=O)(=O)c4cc(F)ccc4F)c3F)ccc12. The highest BCUT2D eigenvalue weighted by molar-refractivity contribution is 7.90. The van der Waals surface area contributed by atoms with E-state index in [0.29, 0.717) is 17.6 Å². The lowest BCUT2D eigenvalue weighted by Crippen LogP contribution is -2.10. The zero-order valence-electron chi connectivity index (χ0n) is 15.5. The molecule has 4 nitrogen and oxygen atoms in total. The molecule has 0 atom stereocenters. The van der Waals surface area contributed by atoms with Crippen LogP contribution in [0.25, 0.3) is 22.0 Å². The van der Waals surface area contributed by atoms with Gasteiger partial charge in [0.1, 0.15) is 28.2 Å². The van der Waals surface area contributed by atoms with Crippen LogP contribution < -0.4 is 0 Å². The molecular formula is C21H14F4N2O2S. The molecule has 0 saturated heterocycles. The first-order valence-electron chi connectivity index (χ1n) is 8.77. The minimum absolute atomic E-state index is 0.167. The monoisotopic (exact) mass is 434 g/mol. The molecular weight excluding hydrogens is 420 g/mol. The summed E-state index contributed by atoms with van der Waals surface area (Å²) < 4.78 is 82.0. The molecule has 9 heteroatoms. The van der Waals surface area contributed by atoms with Crippen LogP contribution in [0.5, 0.6) is 0 Å². The van der Waals surface area contributed by atoms with Crippen LogP contribution in [0.15, 0.2) is 53.4 Å². The normalized spacial score (nSPS) is 11.9. The Labute approximate surface area is 169 Å². The van der Waals surface area contributed by atoms with Crippen molar-refractivity contribution in [1.29, 1.82) is 0 Å². The fourth-order valence-corrected chi connectivity index (χ4v) is 4.72. The van der Waals surface area contributed by atoms with Crippen molar-refractivity contribution in [1.82, 2.24) is 10.2 Å². The van der Waals surface area contributed by atoms with E-state index in [1.54, 1.807) is 13.0 Å². The van der Waals surface area contributed by atoms with Gasteiger partial charge in [0.25, 0.3) is 0 Å². The molecule has 1 heterocycles. The highest BCUT2D eigenvalue weighted by Gasteiger charge is 2.25. The Balaban J connectivity index is 1.80. The summed E-state index contributed by atoms with van der Waals surface area (Å²) in [5.41, 5.74) is 0.650. The summed E-state index contributed by atoms with van der Waals surface area (Å²) >= 11 is 0. The van der Waals surface area contributed by atoms with Crippen LogP contribution in [-0.4, -0.2) is 18.6 Å². The van der Waals surface area contributed by atoms with E-state index in [2.05, 4.69) is 10.2 Å². The second kappa shape index (κ2) is 7.24. The van der Waals surface area contributed by atoms with E-state index >= 15 is 4.39 Å². The van der Waals surface area contributed by atoms with E-state index in [1.165, 1.54) is 12.1 Å². The van der Waals surface area contributed by atoms with Crippen LogP contribution >= 0.6 is 0 Å². The number of aromatic amines is 1. The van der Waals surface area contributed by atoms with Crippen molar-refractivity contribution < 1.29 is 26.0 Å². The maximum atomic E-state index is 15.1. The molecule has 0 fully saturated rings. The van der Waals surface area contributed by atoms with E-state index < -0.39 is 49.3 Å². The van der Waals surface area contributed by atoms with Crippen molar-refractivity contribution in [3.8, 4) is 11.1 Å². The average molecular weight is 434 g/mol. The zero-order valence-corrected chi connectivity index (χ0v) is 16.3. The van der Waals surface area contributed by atoms with Crippen molar-refractivity contribution in [2.24, 2.45) is 0 Å². The van der Waals surface area contributed by atoms with Gasteiger partial charge in [0.2, 0.25) is 0 Å². The summed E-state index contributed by atoms with van der Waals surface area (Å²) in [5.74, 6) is -5.05. The van der Waals surface area contributed by atoms with Gasteiger partial charge in [0.05, 0.1) is 16.8 Å². The maximum Gasteiger partial charge on any atom is 0.185 e. The number of benzene rings is 3. The largest absolute Gasteiger partial charge is 0.282 e. The second-order valence-corrected chi connectivity index (χ2v) is 8.77. The quantitative estimate of drug-likeness (QED) is 0.456. The maximum absolute atomic E-state index is 15.1. The van der Waals surface area contributed by atoms with Crippen LogP contribution in [0.4, 0.5) is 17.6 Å². The summed E-state index contributed by atoms with van der Waals surface area (Å²) in [7, 11) is -4.43. The Kier molecular flexibility index (Phi) is 4.85. The molecule has 0 saturated carbocycles. The molecule has 0 unspecified atom stereocenters. The number of nitrogens with one attached hydrogen (secondary N) is 1. The van der Waals surface area contributed by atoms with Gasteiger partial charge in [-0.3, -0.25) is 5.10 Å². The molecule has 0 aliphatic carbocycles. The minimum atomic E-state index is -4.43. The smallest absolute Gasteiger partial charge is 0.185 e. The Morgan fingerprint density at radius 1 is 0.933 bits per heavy atom. The van der Waals surface area contributed by atoms with Gasteiger partial charge in [-0.25, -0.2) is 26.0 Å². The Hall–Kier alpha value is -3.20. The van der Waals surface area contributed by atoms with Gasteiger partial charge in [-0.05, 0) is 42.8 Å². The molecule has 4 aromatic rings. The summed E-state index contributed by atoms with van der Waals surface area (Å²) in [6.45, 7) is 1.80. The third kappa shape index (κ3) is 3.45. The van der Waals surface area contributed by atoms with Crippen molar-refractivity contribution in [2.75, 3.05) is 0 Å². The first-order valence-corrected chi connectivity index (χ1v) is 10.4.